The van der Waals surface area contributed by atoms with E-state index in [4.69, 9.17) is 0 Å². The molecule has 0 aliphatic rings. The van der Waals surface area contributed by atoms with E-state index in [1.807, 2.05) is 36.4 Å². The third-order valence-electron chi connectivity index (χ3n) is 4.62. The number of para-hydroxylation sites is 2. The smallest absolute Gasteiger partial charge is 0.329 e. The summed E-state index contributed by atoms with van der Waals surface area (Å²) in [6.07, 6.45) is 0.999. The summed E-state index contributed by atoms with van der Waals surface area (Å²) < 4.78 is 3.11. The second-order valence-corrected chi connectivity index (χ2v) is 6.34. The number of fused-ring (bicyclic) bond motifs is 1. The molecule has 5 heteroatoms. The molecular formula is C20H23N3O2. The lowest BCUT2D eigenvalue weighted by atomic mass is 10.1. The van der Waals surface area contributed by atoms with Gasteiger partial charge in [0.2, 0.25) is 5.91 Å². The minimum absolute atomic E-state index is 0.0454. The predicted molar refractivity (Wildman–Crippen MR) is 99.5 cm³/mol. The Hall–Kier alpha value is -2.82. The van der Waals surface area contributed by atoms with Gasteiger partial charge in [0.25, 0.3) is 0 Å². The molecule has 1 heterocycles. The van der Waals surface area contributed by atoms with Gasteiger partial charge in [0.05, 0.1) is 11.0 Å². The van der Waals surface area contributed by atoms with Crippen LogP contribution in [-0.2, 0) is 31.4 Å². The molecule has 1 aromatic heterocycles. The first kappa shape index (κ1) is 17.0. The number of imidazole rings is 1. The van der Waals surface area contributed by atoms with Crippen molar-refractivity contribution in [2.45, 2.75) is 26.4 Å². The molecule has 0 bridgehead atoms. The Morgan fingerprint density at radius 3 is 2.24 bits per heavy atom. The SMILES string of the molecule is CCc1ccc(CN(C)C(=O)Cn2c(=O)n(C)c3ccccc32)cc1. The van der Waals surface area contributed by atoms with Crippen molar-refractivity contribution in [3.63, 3.8) is 0 Å². The van der Waals surface area contributed by atoms with E-state index in [0.29, 0.717) is 6.54 Å². The highest BCUT2D eigenvalue weighted by molar-refractivity contribution is 5.80. The largest absolute Gasteiger partial charge is 0.340 e. The number of rotatable bonds is 5. The van der Waals surface area contributed by atoms with Crippen molar-refractivity contribution < 1.29 is 4.79 Å². The van der Waals surface area contributed by atoms with Gasteiger partial charge in [-0.3, -0.25) is 13.9 Å². The average Bonchev–Trinajstić information content (AvgIpc) is 2.87. The van der Waals surface area contributed by atoms with E-state index in [1.54, 1.807) is 23.6 Å². The van der Waals surface area contributed by atoms with Crippen LogP contribution in [0, 0.1) is 0 Å². The van der Waals surface area contributed by atoms with Gasteiger partial charge in [0, 0.05) is 20.6 Å². The number of hydrogen-bond donors (Lipinski definition) is 0. The van der Waals surface area contributed by atoms with E-state index in [2.05, 4.69) is 19.1 Å². The third-order valence-corrected chi connectivity index (χ3v) is 4.62. The van der Waals surface area contributed by atoms with Crippen molar-refractivity contribution in [3.8, 4) is 0 Å². The minimum atomic E-state index is -0.171. The molecule has 0 atom stereocenters. The fourth-order valence-electron chi connectivity index (χ4n) is 3.01. The number of hydrogen-bond acceptors (Lipinski definition) is 2. The highest BCUT2D eigenvalue weighted by Gasteiger charge is 2.16. The first-order valence-corrected chi connectivity index (χ1v) is 8.47. The molecule has 1 amide bonds. The van der Waals surface area contributed by atoms with Crippen molar-refractivity contribution in [2.75, 3.05) is 7.05 Å². The van der Waals surface area contributed by atoms with Gasteiger partial charge in [0.1, 0.15) is 6.54 Å². The lowest BCUT2D eigenvalue weighted by Gasteiger charge is -2.18. The minimum Gasteiger partial charge on any atom is -0.340 e. The maximum Gasteiger partial charge on any atom is 0.329 e. The van der Waals surface area contributed by atoms with Crippen molar-refractivity contribution in [1.82, 2.24) is 14.0 Å². The molecule has 0 saturated carbocycles. The first-order chi connectivity index (χ1) is 12.0. The fraction of sp³-hybridized carbons (Fsp3) is 0.300. The van der Waals surface area contributed by atoms with Gasteiger partial charge in [-0.15, -0.1) is 0 Å². The summed E-state index contributed by atoms with van der Waals surface area (Å²) in [5.41, 5.74) is 3.80. The second kappa shape index (κ2) is 6.97. The summed E-state index contributed by atoms with van der Waals surface area (Å²) in [6, 6.07) is 15.8. The van der Waals surface area contributed by atoms with E-state index < -0.39 is 0 Å². The lowest BCUT2D eigenvalue weighted by molar-refractivity contribution is -0.131. The van der Waals surface area contributed by atoms with Gasteiger partial charge in [0.15, 0.2) is 0 Å². The van der Waals surface area contributed by atoms with E-state index in [-0.39, 0.29) is 18.1 Å². The summed E-state index contributed by atoms with van der Waals surface area (Å²) >= 11 is 0. The molecule has 2 aromatic carbocycles. The molecule has 0 fully saturated rings. The zero-order valence-corrected chi connectivity index (χ0v) is 14.9. The molecule has 5 nitrogen and oxygen atoms in total. The lowest BCUT2D eigenvalue weighted by Crippen LogP contribution is -2.33. The molecule has 130 valence electrons. The maximum absolute atomic E-state index is 12.6. The Balaban J connectivity index is 1.77. The van der Waals surface area contributed by atoms with Crippen molar-refractivity contribution in [1.29, 1.82) is 0 Å². The van der Waals surface area contributed by atoms with Crippen LogP contribution in [0.5, 0.6) is 0 Å². The quantitative estimate of drug-likeness (QED) is 0.718. The summed E-state index contributed by atoms with van der Waals surface area (Å²) in [7, 11) is 3.50. The highest BCUT2D eigenvalue weighted by Crippen LogP contribution is 2.12. The fourth-order valence-corrected chi connectivity index (χ4v) is 3.01. The molecule has 3 rings (SSSR count). The molecule has 25 heavy (non-hydrogen) atoms. The van der Waals surface area contributed by atoms with Crippen LogP contribution in [0.4, 0.5) is 0 Å². The van der Waals surface area contributed by atoms with Crippen molar-refractivity contribution >= 4 is 16.9 Å². The standard InChI is InChI=1S/C20H23N3O2/c1-4-15-9-11-16(12-10-15)13-21(2)19(24)14-23-18-8-6-5-7-17(18)22(3)20(23)25/h5-12H,4,13-14H2,1-3H3. The molecule has 3 aromatic rings. The normalized spacial score (nSPS) is 11.0. The molecule has 0 N–H and O–H groups in total. The molecule has 0 radical (unpaired) electrons. The summed E-state index contributed by atoms with van der Waals surface area (Å²) in [4.78, 5) is 26.7. The molecule has 0 aliphatic carbocycles. The molecule has 0 unspecified atom stereocenters. The van der Waals surface area contributed by atoms with Crippen molar-refractivity contribution in [2.24, 2.45) is 7.05 Å². The van der Waals surface area contributed by atoms with Crippen LogP contribution >= 0.6 is 0 Å². The Labute approximate surface area is 147 Å². The number of carbonyl (C=O) groups excluding carboxylic acids is 1. The second-order valence-electron chi connectivity index (χ2n) is 6.34. The number of aromatic nitrogens is 2. The van der Waals surface area contributed by atoms with Gasteiger partial charge in [-0.2, -0.15) is 0 Å². The average molecular weight is 337 g/mol. The van der Waals surface area contributed by atoms with Gasteiger partial charge in [-0.1, -0.05) is 43.3 Å². The molecular weight excluding hydrogens is 314 g/mol. The van der Waals surface area contributed by atoms with Crippen LogP contribution in [0.15, 0.2) is 53.3 Å². The summed E-state index contributed by atoms with van der Waals surface area (Å²) in [6.45, 7) is 2.69. The third kappa shape index (κ3) is 3.36. The number of benzene rings is 2. The van der Waals surface area contributed by atoms with E-state index >= 15 is 0 Å². The Morgan fingerprint density at radius 1 is 1.00 bits per heavy atom. The zero-order chi connectivity index (χ0) is 18.0. The number of nitrogens with zero attached hydrogens (tertiary/aromatic N) is 3. The van der Waals surface area contributed by atoms with Gasteiger partial charge >= 0.3 is 5.69 Å². The molecule has 0 spiro atoms. The number of likely N-dealkylation sites (N-methyl/N-ethyl adjacent to an activating group) is 1. The maximum atomic E-state index is 12.6. The molecule has 0 saturated heterocycles. The van der Waals surface area contributed by atoms with Crippen LogP contribution in [0.25, 0.3) is 11.0 Å². The highest BCUT2D eigenvalue weighted by atomic mass is 16.2. The van der Waals surface area contributed by atoms with Gasteiger partial charge in [-0.25, -0.2) is 4.79 Å². The van der Waals surface area contributed by atoms with Gasteiger partial charge in [-0.05, 0) is 29.7 Å². The Kier molecular flexibility index (Phi) is 4.74. The topological polar surface area (TPSA) is 47.2 Å². The van der Waals surface area contributed by atoms with E-state index in [1.165, 1.54) is 10.1 Å². The summed E-state index contributed by atoms with van der Waals surface area (Å²) in [5.74, 6) is -0.0852. The number of carbonyl (C=O) groups is 1. The van der Waals surface area contributed by atoms with Crippen LogP contribution in [0.2, 0.25) is 0 Å². The van der Waals surface area contributed by atoms with Crippen LogP contribution in [-0.4, -0.2) is 27.0 Å². The van der Waals surface area contributed by atoms with E-state index in [0.717, 1.165) is 23.0 Å². The monoisotopic (exact) mass is 337 g/mol. The number of aryl methyl sites for hydroxylation is 2. The predicted octanol–water partition coefficient (Wildman–Crippen LogP) is 2.56. The zero-order valence-electron chi connectivity index (χ0n) is 14.9. The van der Waals surface area contributed by atoms with Crippen LogP contribution < -0.4 is 5.69 Å². The number of amides is 1. The van der Waals surface area contributed by atoms with Gasteiger partial charge < -0.3 is 4.90 Å². The molecule has 0 aliphatic heterocycles. The van der Waals surface area contributed by atoms with E-state index in [9.17, 15) is 9.59 Å². The van der Waals surface area contributed by atoms with Crippen LogP contribution in [0.1, 0.15) is 18.1 Å². The van der Waals surface area contributed by atoms with Crippen LogP contribution in [0.3, 0.4) is 0 Å². The first-order valence-electron chi connectivity index (χ1n) is 8.47. The Bertz CT molecular complexity index is 951. The summed E-state index contributed by atoms with van der Waals surface area (Å²) in [5, 5.41) is 0. The Morgan fingerprint density at radius 2 is 1.60 bits per heavy atom. The van der Waals surface area contributed by atoms with Crippen molar-refractivity contribution in [3.05, 3.63) is 70.1 Å².